The number of hydrogen-bond acceptors (Lipinski definition) is 12. The van der Waals surface area contributed by atoms with Crippen LogP contribution >= 0.6 is 0 Å². The van der Waals surface area contributed by atoms with Crippen LogP contribution in [-0.4, -0.2) is 68.8 Å². The maximum atomic E-state index is 13.2. The molecule has 0 saturated carbocycles. The van der Waals surface area contributed by atoms with Crippen molar-refractivity contribution in [1.29, 1.82) is 0 Å². The van der Waals surface area contributed by atoms with E-state index in [0.717, 1.165) is 22.3 Å². The zero-order chi connectivity index (χ0) is 40.2. The molecule has 0 bridgehead atoms. The fourth-order valence-corrected chi connectivity index (χ4v) is 7.34. The fraction of sp³-hybridized carbons (Fsp3) is 0.302. The van der Waals surface area contributed by atoms with Crippen LogP contribution in [0.15, 0.2) is 72.8 Å². The lowest BCUT2D eigenvalue weighted by atomic mass is 9.65. The summed E-state index contributed by atoms with van der Waals surface area (Å²) >= 11 is 0. The Labute approximate surface area is 321 Å². The van der Waals surface area contributed by atoms with Crippen LogP contribution in [-0.2, 0) is 37.7 Å². The number of carbonyl (C=O) groups is 2. The van der Waals surface area contributed by atoms with Gasteiger partial charge in [-0.2, -0.15) is 0 Å². The largest absolute Gasteiger partial charge is 0.496 e. The number of methoxy groups -OCH3 is 8. The van der Waals surface area contributed by atoms with Crippen molar-refractivity contribution in [3.63, 3.8) is 0 Å². The van der Waals surface area contributed by atoms with Crippen LogP contribution < -0.4 is 37.9 Å². The summed E-state index contributed by atoms with van der Waals surface area (Å²) in [5.41, 5.74) is 3.62. The predicted octanol–water partition coefficient (Wildman–Crippen LogP) is 7.36. The number of benzene rings is 4. The first-order valence-corrected chi connectivity index (χ1v) is 17.1. The molecule has 0 radical (unpaired) electrons. The van der Waals surface area contributed by atoms with E-state index in [2.05, 4.69) is 13.2 Å². The fourth-order valence-electron chi connectivity index (χ4n) is 7.34. The van der Waals surface area contributed by atoms with E-state index in [-0.39, 0.29) is 70.4 Å². The van der Waals surface area contributed by atoms with E-state index in [9.17, 15) is 9.59 Å². The molecule has 0 aliphatic heterocycles. The topological polar surface area (TPSA) is 126 Å². The van der Waals surface area contributed by atoms with E-state index < -0.39 is 17.4 Å². The summed E-state index contributed by atoms with van der Waals surface area (Å²) in [6.45, 7) is 10.4. The molecule has 55 heavy (non-hydrogen) atoms. The highest BCUT2D eigenvalue weighted by Gasteiger charge is 2.55. The van der Waals surface area contributed by atoms with Crippen LogP contribution in [0.5, 0.6) is 46.0 Å². The van der Waals surface area contributed by atoms with Crippen molar-refractivity contribution >= 4 is 11.9 Å². The molecule has 1 aliphatic rings. The molecule has 0 heterocycles. The Morgan fingerprint density at radius 1 is 0.491 bits per heavy atom. The highest BCUT2D eigenvalue weighted by Crippen LogP contribution is 2.68. The van der Waals surface area contributed by atoms with Gasteiger partial charge in [0.2, 0.25) is 11.5 Å². The number of esters is 2. The van der Waals surface area contributed by atoms with Gasteiger partial charge in [-0.15, -0.1) is 0 Å². The van der Waals surface area contributed by atoms with E-state index in [4.69, 9.17) is 47.4 Å². The van der Waals surface area contributed by atoms with E-state index in [1.54, 1.807) is 0 Å². The number of fused-ring (bicyclic) bond motifs is 3. The number of ether oxygens (including phenoxy) is 10. The first-order chi connectivity index (χ1) is 26.5. The Hall–Kier alpha value is -5.98. The third kappa shape index (κ3) is 6.40. The molecule has 1 aliphatic carbocycles. The standard InChI is InChI=1S/C43H46O12/c1-23(2)41(44)54-35-27(21-46-5)33(48-7)31(37(50-9)39(35)52-11)43(29-19-15-13-17-25(29)26-18-14-16-20-30(26)43)32-34(49-8)28(22-47-6)36(55-42(45)24(3)4)40(53-12)38(32)51-10/h13-20H,1,3,21-22H2,2,4-12H3. The van der Waals surface area contributed by atoms with Crippen LogP contribution in [0.2, 0.25) is 0 Å². The first kappa shape index (κ1) is 40.2. The minimum Gasteiger partial charge on any atom is -0.496 e. The van der Waals surface area contributed by atoms with Crippen LogP contribution in [0.25, 0.3) is 11.1 Å². The summed E-state index contributed by atoms with van der Waals surface area (Å²) in [5, 5.41) is 0. The molecule has 0 aromatic heterocycles. The highest BCUT2D eigenvalue weighted by atomic mass is 16.6. The second-order valence-electron chi connectivity index (χ2n) is 12.6. The lowest BCUT2D eigenvalue weighted by molar-refractivity contribution is -0.131. The van der Waals surface area contributed by atoms with Gasteiger partial charge in [0.25, 0.3) is 0 Å². The smallest absolute Gasteiger partial charge is 0.338 e. The Morgan fingerprint density at radius 3 is 1.11 bits per heavy atom. The number of rotatable bonds is 16. The molecule has 0 atom stereocenters. The Bertz CT molecular complexity index is 2010. The van der Waals surface area contributed by atoms with Crippen molar-refractivity contribution in [2.24, 2.45) is 0 Å². The molecule has 4 aromatic carbocycles. The van der Waals surface area contributed by atoms with E-state index >= 15 is 0 Å². The molecule has 4 aromatic rings. The van der Waals surface area contributed by atoms with E-state index in [0.29, 0.717) is 22.3 Å². The average Bonchev–Trinajstić information content (AvgIpc) is 3.48. The molecule has 0 saturated heterocycles. The monoisotopic (exact) mass is 754 g/mol. The second kappa shape index (κ2) is 16.6. The van der Waals surface area contributed by atoms with Crippen molar-refractivity contribution in [3.8, 4) is 57.1 Å². The number of carbonyl (C=O) groups excluding carboxylic acids is 2. The molecule has 0 unspecified atom stereocenters. The van der Waals surface area contributed by atoms with Gasteiger partial charge in [0, 0.05) is 25.4 Å². The molecule has 0 fully saturated rings. The highest BCUT2D eigenvalue weighted by molar-refractivity contribution is 5.94. The molecular formula is C43H46O12. The molecular weight excluding hydrogens is 708 g/mol. The lowest BCUT2D eigenvalue weighted by Crippen LogP contribution is -2.32. The van der Waals surface area contributed by atoms with E-state index in [1.165, 1.54) is 70.7 Å². The van der Waals surface area contributed by atoms with Gasteiger partial charge in [0.15, 0.2) is 23.0 Å². The molecule has 12 nitrogen and oxygen atoms in total. The zero-order valence-corrected chi connectivity index (χ0v) is 32.8. The predicted molar refractivity (Wildman–Crippen MR) is 205 cm³/mol. The summed E-state index contributed by atoms with van der Waals surface area (Å²) in [7, 11) is 11.9. The van der Waals surface area contributed by atoms with Gasteiger partial charge in [-0.05, 0) is 36.1 Å². The van der Waals surface area contributed by atoms with Crippen molar-refractivity contribution in [2.75, 3.05) is 56.9 Å². The Balaban J connectivity index is 2.20. The van der Waals surface area contributed by atoms with Gasteiger partial charge >= 0.3 is 11.9 Å². The molecule has 5 rings (SSSR count). The van der Waals surface area contributed by atoms with Crippen LogP contribution in [0.1, 0.15) is 47.2 Å². The summed E-state index contributed by atoms with van der Waals surface area (Å²) in [6, 6.07) is 15.7. The van der Waals surface area contributed by atoms with Gasteiger partial charge in [0.05, 0.1) is 83.5 Å². The maximum absolute atomic E-state index is 13.2. The van der Waals surface area contributed by atoms with Crippen molar-refractivity contribution in [3.05, 3.63) is 106 Å². The molecule has 290 valence electrons. The SMILES string of the molecule is C=C(C)C(=O)Oc1c(COC)c(OC)c(C2(c3c(OC)c(COC)c(OC(=O)C(=C)C)c(OC)c3OC)c3ccccc3-c3ccccc32)c(OC)c1OC. The minimum absolute atomic E-state index is 0.0168. The molecule has 0 amide bonds. The van der Waals surface area contributed by atoms with Crippen molar-refractivity contribution < 1.29 is 57.0 Å². The normalized spacial score (nSPS) is 12.2. The Kier molecular flexibility index (Phi) is 12.1. The number of hydrogen-bond donors (Lipinski definition) is 0. The van der Waals surface area contributed by atoms with Crippen molar-refractivity contribution in [1.82, 2.24) is 0 Å². The maximum Gasteiger partial charge on any atom is 0.338 e. The third-order valence-electron chi connectivity index (χ3n) is 9.42. The molecule has 12 heteroatoms. The van der Waals surface area contributed by atoms with Crippen LogP contribution in [0, 0.1) is 0 Å². The Morgan fingerprint density at radius 2 is 0.818 bits per heavy atom. The van der Waals surface area contributed by atoms with Gasteiger partial charge in [-0.3, -0.25) is 0 Å². The summed E-state index contributed by atoms with van der Waals surface area (Å²) in [5.74, 6) is -0.410. The average molecular weight is 755 g/mol. The first-order valence-electron chi connectivity index (χ1n) is 17.1. The minimum atomic E-state index is -1.47. The van der Waals surface area contributed by atoms with Gasteiger partial charge < -0.3 is 47.4 Å². The summed E-state index contributed by atoms with van der Waals surface area (Å²) < 4.78 is 61.0. The quantitative estimate of drug-likeness (QED) is 0.0568. The second-order valence-corrected chi connectivity index (χ2v) is 12.6. The van der Waals surface area contributed by atoms with Crippen LogP contribution in [0.3, 0.4) is 0 Å². The zero-order valence-electron chi connectivity index (χ0n) is 32.8. The summed E-state index contributed by atoms with van der Waals surface area (Å²) in [6.07, 6.45) is 0. The van der Waals surface area contributed by atoms with Crippen LogP contribution in [0.4, 0.5) is 0 Å². The third-order valence-corrected chi connectivity index (χ3v) is 9.42. The van der Waals surface area contributed by atoms with Gasteiger partial charge in [0.1, 0.15) is 11.5 Å². The molecule has 0 spiro atoms. The van der Waals surface area contributed by atoms with Crippen molar-refractivity contribution in [2.45, 2.75) is 32.5 Å². The van der Waals surface area contributed by atoms with Gasteiger partial charge in [-0.1, -0.05) is 61.7 Å². The molecule has 0 N–H and O–H groups in total. The van der Waals surface area contributed by atoms with Gasteiger partial charge in [-0.25, -0.2) is 9.59 Å². The summed E-state index contributed by atoms with van der Waals surface area (Å²) in [4.78, 5) is 26.4. The van der Waals surface area contributed by atoms with E-state index in [1.807, 2.05) is 48.5 Å². The lowest BCUT2D eigenvalue weighted by Gasteiger charge is -2.39.